The molecule has 2 rings (SSSR count). The van der Waals surface area contributed by atoms with Crippen molar-refractivity contribution >= 4 is 35.3 Å². The molecule has 6 heteroatoms. The Kier molecular flexibility index (Phi) is 4.71. The van der Waals surface area contributed by atoms with E-state index in [4.69, 9.17) is 23.2 Å². The van der Waals surface area contributed by atoms with Crippen LogP contribution in [0.2, 0.25) is 10.0 Å². The van der Waals surface area contributed by atoms with Crippen LogP contribution in [0.5, 0.6) is 0 Å². The average Bonchev–Trinajstić information content (AvgIpc) is 2.44. The van der Waals surface area contributed by atoms with E-state index in [9.17, 15) is 9.18 Å². The van der Waals surface area contributed by atoms with Gasteiger partial charge in [-0.2, -0.15) is 5.10 Å². The predicted molar refractivity (Wildman–Crippen MR) is 77.9 cm³/mol. The molecule has 0 saturated heterocycles. The number of hydrazone groups is 1. The van der Waals surface area contributed by atoms with Gasteiger partial charge in [-0.15, -0.1) is 0 Å². The zero-order chi connectivity index (χ0) is 14.5. The summed E-state index contributed by atoms with van der Waals surface area (Å²) in [6.45, 7) is 0. The third-order valence-electron chi connectivity index (χ3n) is 2.47. The monoisotopic (exact) mass is 310 g/mol. The van der Waals surface area contributed by atoms with Gasteiger partial charge in [0.05, 0.1) is 21.8 Å². The highest BCUT2D eigenvalue weighted by Crippen LogP contribution is 2.24. The minimum atomic E-state index is -0.641. The van der Waals surface area contributed by atoms with E-state index in [1.54, 1.807) is 24.3 Å². The van der Waals surface area contributed by atoms with Crippen molar-refractivity contribution in [1.29, 1.82) is 0 Å². The summed E-state index contributed by atoms with van der Waals surface area (Å²) in [5.74, 6) is -1.25. The van der Waals surface area contributed by atoms with Crippen molar-refractivity contribution in [1.82, 2.24) is 5.43 Å². The second-order valence-electron chi connectivity index (χ2n) is 3.82. The Morgan fingerprint density at radius 3 is 2.65 bits per heavy atom. The van der Waals surface area contributed by atoms with Crippen molar-refractivity contribution in [2.75, 3.05) is 0 Å². The lowest BCUT2D eigenvalue weighted by atomic mass is 10.2. The molecule has 0 spiro atoms. The summed E-state index contributed by atoms with van der Waals surface area (Å²) in [6.07, 6.45) is 1.34. The highest BCUT2D eigenvalue weighted by atomic mass is 35.5. The molecule has 0 radical (unpaired) electrons. The quantitative estimate of drug-likeness (QED) is 0.678. The van der Waals surface area contributed by atoms with Crippen molar-refractivity contribution in [2.24, 2.45) is 5.10 Å². The Morgan fingerprint density at radius 2 is 1.90 bits per heavy atom. The molecule has 2 aromatic rings. The summed E-state index contributed by atoms with van der Waals surface area (Å²) in [6, 6.07) is 10.7. The molecule has 1 N–H and O–H groups in total. The van der Waals surface area contributed by atoms with E-state index < -0.39 is 11.7 Å². The molecule has 1 amide bonds. The number of rotatable bonds is 3. The number of hydrogen-bond donors (Lipinski definition) is 1. The molecule has 0 atom stereocenters. The van der Waals surface area contributed by atoms with Gasteiger partial charge in [0.25, 0.3) is 5.91 Å². The van der Waals surface area contributed by atoms with Gasteiger partial charge in [0.1, 0.15) is 5.82 Å². The SMILES string of the molecule is O=C(N/N=C\c1cccc(Cl)c1Cl)c1ccccc1F. The molecular formula is C14H9Cl2FN2O. The second kappa shape index (κ2) is 6.50. The van der Waals surface area contributed by atoms with E-state index >= 15 is 0 Å². The van der Waals surface area contributed by atoms with E-state index in [-0.39, 0.29) is 5.56 Å². The van der Waals surface area contributed by atoms with Crippen molar-refractivity contribution in [3.05, 3.63) is 69.5 Å². The lowest BCUT2D eigenvalue weighted by Crippen LogP contribution is -2.18. The first kappa shape index (κ1) is 14.5. The Hall–Kier alpha value is -1.91. The van der Waals surface area contributed by atoms with Crippen LogP contribution in [0.15, 0.2) is 47.6 Å². The molecule has 102 valence electrons. The smallest absolute Gasteiger partial charge is 0.267 e. The third-order valence-corrected chi connectivity index (χ3v) is 3.30. The maximum Gasteiger partial charge on any atom is 0.274 e. The number of halogens is 3. The lowest BCUT2D eigenvalue weighted by Gasteiger charge is -2.02. The van der Waals surface area contributed by atoms with Gasteiger partial charge >= 0.3 is 0 Å². The van der Waals surface area contributed by atoms with Crippen LogP contribution in [0.25, 0.3) is 0 Å². The van der Waals surface area contributed by atoms with Crippen molar-refractivity contribution in [2.45, 2.75) is 0 Å². The van der Waals surface area contributed by atoms with Crippen LogP contribution < -0.4 is 5.43 Å². The number of carbonyl (C=O) groups excluding carboxylic acids is 1. The first-order valence-corrected chi connectivity index (χ1v) is 6.37. The van der Waals surface area contributed by atoms with Crippen LogP contribution in [0, 0.1) is 5.82 Å². The molecule has 0 aliphatic carbocycles. The number of carbonyl (C=O) groups is 1. The highest BCUT2D eigenvalue weighted by molar-refractivity contribution is 6.43. The maximum atomic E-state index is 13.4. The number of nitrogens with one attached hydrogen (secondary N) is 1. The summed E-state index contributed by atoms with van der Waals surface area (Å²) < 4.78 is 13.4. The first-order valence-electron chi connectivity index (χ1n) is 5.61. The van der Waals surface area contributed by atoms with Gasteiger partial charge in [0.15, 0.2) is 0 Å². The molecule has 0 aliphatic heterocycles. The van der Waals surface area contributed by atoms with Gasteiger partial charge in [-0.1, -0.05) is 47.5 Å². The van der Waals surface area contributed by atoms with E-state index in [1.165, 1.54) is 24.4 Å². The van der Waals surface area contributed by atoms with Gasteiger partial charge in [-0.05, 0) is 18.2 Å². The molecule has 0 unspecified atom stereocenters. The van der Waals surface area contributed by atoms with Gasteiger partial charge in [-0.25, -0.2) is 9.82 Å². The molecule has 0 aliphatic rings. The molecule has 0 saturated carbocycles. The Morgan fingerprint density at radius 1 is 1.15 bits per heavy atom. The van der Waals surface area contributed by atoms with Crippen molar-refractivity contribution in [3.8, 4) is 0 Å². The fraction of sp³-hybridized carbons (Fsp3) is 0. The zero-order valence-corrected chi connectivity index (χ0v) is 11.6. The zero-order valence-electron chi connectivity index (χ0n) is 10.1. The third kappa shape index (κ3) is 3.35. The second-order valence-corrected chi connectivity index (χ2v) is 4.61. The van der Waals surface area contributed by atoms with Crippen LogP contribution in [0.1, 0.15) is 15.9 Å². The highest BCUT2D eigenvalue weighted by Gasteiger charge is 2.09. The van der Waals surface area contributed by atoms with Crippen LogP contribution in [0.4, 0.5) is 4.39 Å². The van der Waals surface area contributed by atoms with E-state index in [1.807, 2.05) is 0 Å². The first-order chi connectivity index (χ1) is 9.59. The number of hydrogen-bond acceptors (Lipinski definition) is 2. The molecule has 20 heavy (non-hydrogen) atoms. The minimum absolute atomic E-state index is 0.0816. The van der Waals surface area contributed by atoms with Crippen LogP contribution in [0.3, 0.4) is 0 Å². The minimum Gasteiger partial charge on any atom is -0.267 e. The fourth-order valence-electron chi connectivity index (χ4n) is 1.49. The van der Waals surface area contributed by atoms with Crippen LogP contribution in [-0.2, 0) is 0 Å². The van der Waals surface area contributed by atoms with Gasteiger partial charge < -0.3 is 0 Å². The van der Waals surface area contributed by atoms with Crippen molar-refractivity contribution in [3.63, 3.8) is 0 Å². The lowest BCUT2D eigenvalue weighted by molar-refractivity contribution is 0.0951. The topological polar surface area (TPSA) is 41.5 Å². The maximum absolute atomic E-state index is 13.4. The van der Waals surface area contributed by atoms with Crippen LogP contribution >= 0.6 is 23.2 Å². The number of benzene rings is 2. The summed E-state index contributed by atoms with van der Waals surface area (Å²) in [7, 11) is 0. The van der Waals surface area contributed by atoms with Crippen molar-refractivity contribution < 1.29 is 9.18 Å². The summed E-state index contributed by atoms with van der Waals surface area (Å²) in [4.78, 5) is 11.7. The summed E-state index contributed by atoms with van der Waals surface area (Å²) in [5, 5.41) is 4.44. The predicted octanol–water partition coefficient (Wildman–Crippen LogP) is 3.90. The molecule has 0 aromatic heterocycles. The largest absolute Gasteiger partial charge is 0.274 e. The Labute approximate surface area is 125 Å². The number of nitrogens with zero attached hydrogens (tertiary/aromatic N) is 1. The fourth-order valence-corrected chi connectivity index (χ4v) is 1.84. The van der Waals surface area contributed by atoms with Gasteiger partial charge in [0, 0.05) is 5.56 Å². The normalized spacial score (nSPS) is 10.8. The average molecular weight is 311 g/mol. The molecule has 0 heterocycles. The van der Waals surface area contributed by atoms with Gasteiger partial charge in [-0.3, -0.25) is 4.79 Å². The van der Waals surface area contributed by atoms with Crippen LogP contribution in [-0.4, -0.2) is 12.1 Å². The molecule has 3 nitrogen and oxygen atoms in total. The molecular weight excluding hydrogens is 302 g/mol. The summed E-state index contributed by atoms with van der Waals surface area (Å²) in [5.41, 5.74) is 2.69. The Bertz CT molecular complexity index is 674. The molecule has 0 fully saturated rings. The molecule has 0 bridgehead atoms. The van der Waals surface area contributed by atoms with E-state index in [0.29, 0.717) is 15.6 Å². The standard InChI is InChI=1S/C14H9Cl2FN2O/c15-11-6-3-4-9(13(11)16)8-18-19-14(20)10-5-1-2-7-12(10)17/h1-8H,(H,19,20)/b18-8-. The number of amides is 1. The Balaban J connectivity index is 2.09. The molecule has 2 aromatic carbocycles. The van der Waals surface area contributed by atoms with E-state index in [0.717, 1.165) is 0 Å². The van der Waals surface area contributed by atoms with E-state index in [2.05, 4.69) is 10.5 Å². The van der Waals surface area contributed by atoms with Gasteiger partial charge in [0.2, 0.25) is 0 Å². The summed E-state index contributed by atoms with van der Waals surface area (Å²) >= 11 is 11.8.